The number of nitrogens with zero attached hydrogens (tertiary/aromatic N) is 1. The number of terminal acetylenes is 1. The second-order valence-electron chi connectivity index (χ2n) is 4.46. The Bertz CT molecular complexity index is 587. The van der Waals surface area contributed by atoms with Crippen molar-refractivity contribution in [1.29, 1.82) is 5.26 Å². The second kappa shape index (κ2) is 8.46. The first-order valence-electron chi connectivity index (χ1n) is 6.29. The Labute approximate surface area is 134 Å². The normalized spacial score (nSPS) is 12.5. The van der Waals surface area contributed by atoms with E-state index >= 15 is 0 Å². The summed E-state index contributed by atoms with van der Waals surface area (Å²) in [5.74, 6) is 1.83. The van der Waals surface area contributed by atoms with Crippen molar-refractivity contribution < 1.29 is 9.53 Å². The van der Waals surface area contributed by atoms with Crippen LogP contribution in [0.25, 0.3) is 0 Å². The van der Waals surface area contributed by atoms with E-state index in [0.29, 0.717) is 10.6 Å². The quantitative estimate of drug-likeness (QED) is 0.457. The van der Waals surface area contributed by atoms with E-state index in [-0.39, 0.29) is 13.0 Å². The fraction of sp³-hybridized carbons (Fsp3) is 0.312. The van der Waals surface area contributed by atoms with Crippen molar-refractivity contribution in [3.63, 3.8) is 0 Å². The summed E-state index contributed by atoms with van der Waals surface area (Å²) < 4.78 is 4.65. The summed E-state index contributed by atoms with van der Waals surface area (Å²) in [7, 11) is 0. The van der Waals surface area contributed by atoms with Gasteiger partial charge < -0.3 is 4.74 Å². The van der Waals surface area contributed by atoms with Crippen molar-refractivity contribution in [2.45, 2.75) is 24.5 Å². The summed E-state index contributed by atoms with van der Waals surface area (Å²) in [6, 6.07) is 11.7. The summed E-state index contributed by atoms with van der Waals surface area (Å²) in [6.07, 6.45) is 5.50. The number of benzene rings is 1. The van der Waals surface area contributed by atoms with Gasteiger partial charge >= 0.3 is 5.97 Å². The Morgan fingerprint density at radius 1 is 1.48 bits per heavy atom. The van der Waals surface area contributed by atoms with Crippen molar-refractivity contribution in [3.8, 4) is 18.4 Å². The van der Waals surface area contributed by atoms with E-state index in [1.165, 1.54) is 11.8 Å². The maximum absolute atomic E-state index is 11.5. The summed E-state index contributed by atoms with van der Waals surface area (Å²) in [5.41, 5.74) is 0.897. The smallest absolute Gasteiger partial charge is 0.306 e. The van der Waals surface area contributed by atoms with Crippen LogP contribution in [0.1, 0.15) is 25.3 Å². The Hall–Kier alpha value is -1.82. The molecular formula is C16H15NO2S2. The molecule has 5 heteroatoms. The van der Waals surface area contributed by atoms with Crippen molar-refractivity contribution in [3.05, 3.63) is 35.9 Å². The molecule has 1 unspecified atom stereocenters. The van der Waals surface area contributed by atoms with Crippen LogP contribution in [0.2, 0.25) is 0 Å². The van der Waals surface area contributed by atoms with E-state index in [1.54, 1.807) is 6.92 Å². The zero-order valence-corrected chi connectivity index (χ0v) is 13.3. The number of nitriles is 1. The van der Waals surface area contributed by atoms with Crippen LogP contribution in [0, 0.1) is 23.7 Å². The van der Waals surface area contributed by atoms with Gasteiger partial charge in [0.25, 0.3) is 0 Å². The number of rotatable bonds is 6. The molecule has 108 valence electrons. The van der Waals surface area contributed by atoms with Crippen LogP contribution >= 0.6 is 24.0 Å². The van der Waals surface area contributed by atoms with Gasteiger partial charge in [0.15, 0.2) is 6.61 Å². The zero-order valence-electron chi connectivity index (χ0n) is 11.7. The van der Waals surface area contributed by atoms with Crippen LogP contribution in [0.3, 0.4) is 0 Å². The number of thioether (sulfide) groups is 1. The molecule has 0 aromatic heterocycles. The van der Waals surface area contributed by atoms with Gasteiger partial charge in [-0.1, -0.05) is 60.2 Å². The molecule has 0 amide bonds. The fourth-order valence-electron chi connectivity index (χ4n) is 1.50. The number of hydrogen-bond acceptors (Lipinski definition) is 5. The molecular weight excluding hydrogens is 302 g/mol. The molecule has 0 aliphatic rings. The lowest BCUT2D eigenvalue weighted by atomic mass is 10.1. The third-order valence-electron chi connectivity index (χ3n) is 2.69. The summed E-state index contributed by atoms with van der Waals surface area (Å²) >= 11 is 6.64. The van der Waals surface area contributed by atoms with E-state index in [2.05, 4.69) is 12.0 Å². The zero-order chi connectivity index (χ0) is 15.7. The van der Waals surface area contributed by atoms with E-state index in [1.807, 2.05) is 30.3 Å². The fourth-order valence-corrected chi connectivity index (χ4v) is 3.10. The minimum absolute atomic E-state index is 0.0440. The first-order chi connectivity index (χ1) is 10.0. The summed E-state index contributed by atoms with van der Waals surface area (Å²) in [5, 5.41) is 9.36. The molecule has 1 rings (SSSR count). The van der Waals surface area contributed by atoms with Crippen molar-refractivity contribution in [1.82, 2.24) is 0 Å². The minimum Gasteiger partial charge on any atom is -0.452 e. The maximum Gasteiger partial charge on any atom is 0.306 e. The molecule has 0 heterocycles. The molecule has 0 spiro atoms. The van der Waals surface area contributed by atoms with Crippen LogP contribution in [-0.4, -0.2) is 21.5 Å². The SMILES string of the molecule is C#CCOC(=O)CCC(C)(C#N)SC(=S)c1ccccc1. The van der Waals surface area contributed by atoms with E-state index < -0.39 is 10.7 Å². The average Bonchev–Trinajstić information content (AvgIpc) is 2.51. The Kier molecular flexibility index (Phi) is 6.94. The van der Waals surface area contributed by atoms with Crippen LogP contribution in [0.15, 0.2) is 30.3 Å². The van der Waals surface area contributed by atoms with Crippen molar-refractivity contribution >= 4 is 34.1 Å². The molecule has 0 aliphatic heterocycles. The number of ether oxygens (including phenoxy) is 1. The molecule has 0 radical (unpaired) electrons. The molecule has 1 atom stereocenters. The average molecular weight is 317 g/mol. The van der Waals surface area contributed by atoms with Gasteiger partial charge in [-0.15, -0.1) is 6.42 Å². The van der Waals surface area contributed by atoms with Crippen molar-refractivity contribution in [2.24, 2.45) is 0 Å². The van der Waals surface area contributed by atoms with Gasteiger partial charge in [0.1, 0.15) is 4.75 Å². The largest absolute Gasteiger partial charge is 0.452 e. The number of carbonyl (C=O) groups excluding carboxylic acids is 1. The molecule has 0 N–H and O–H groups in total. The van der Waals surface area contributed by atoms with Gasteiger partial charge in [-0.05, 0) is 18.9 Å². The third kappa shape index (κ3) is 5.99. The maximum atomic E-state index is 11.5. The summed E-state index contributed by atoms with van der Waals surface area (Å²) in [6.45, 7) is 1.72. The first kappa shape index (κ1) is 17.2. The highest BCUT2D eigenvalue weighted by molar-refractivity contribution is 8.24. The number of carbonyl (C=O) groups is 1. The molecule has 21 heavy (non-hydrogen) atoms. The third-order valence-corrected chi connectivity index (χ3v) is 4.34. The van der Waals surface area contributed by atoms with Crippen LogP contribution in [0.4, 0.5) is 0 Å². The van der Waals surface area contributed by atoms with Crippen LogP contribution in [0.5, 0.6) is 0 Å². The van der Waals surface area contributed by atoms with Gasteiger partial charge in [-0.25, -0.2) is 0 Å². The molecule has 0 saturated heterocycles. The minimum atomic E-state index is -0.776. The van der Waals surface area contributed by atoms with E-state index in [4.69, 9.17) is 23.4 Å². The molecule has 3 nitrogen and oxygen atoms in total. The van der Waals surface area contributed by atoms with Gasteiger partial charge in [0, 0.05) is 6.42 Å². The number of thiocarbonyl (C=S) groups is 1. The highest BCUT2D eigenvalue weighted by Gasteiger charge is 2.28. The van der Waals surface area contributed by atoms with Gasteiger partial charge in [0.05, 0.1) is 10.3 Å². The molecule has 0 saturated carbocycles. The van der Waals surface area contributed by atoms with Crippen LogP contribution < -0.4 is 0 Å². The topological polar surface area (TPSA) is 50.1 Å². The molecule has 1 aromatic carbocycles. The molecule has 1 aromatic rings. The molecule has 0 aliphatic carbocycles. The Morgan fingerprint density at radius 3 is 2.71 bits per heavy atom. The summed E-state index contributed by atoms with van der Waals surface area (Å²) in [4.78, 5) is 11.5. The van der Waals surface area contributed by atoms with Gasteiger partial charge in [-0.2, -0.15) is 5.26 Å². The van der Waals surface area contributed by atoms with Crippen molar-refractivity contribution in [2.75, 3.05) is 6.61 Å². The highest BCUT2D eigenvalue weighted by Crippen LogP contribution is 2.33. The van der Waals surface area contributed by atoms with Gasteiger partial charge in [-0.3, -0.25) is 4.79 Å². The predicted octanol–water partition coefficient (Wildman–Crippen LogP) is 3.33. The first-order valence-corrected chi connectivity index (χ1v) is 7.52. The highest BCUT2D eigenvalue weighted by atomic mass is 32.2. The second-order valence-corrected chi connectivity index (χ2v) is 6.64. The predicted molar refractivity (Wildman–Crippen MR) is 88.8 cm³/mol. The standard InChI is InChI=1S/C16H15NO2S2/c1-3-11-19-14(18)9-10-16(2,12-17)21-15(20)13-7-5-4-6-8-13/h1,4-8H,9-11H2,2H3. The van der Waals surface area contributed by atoms with E-state index in [0.717, 1.165) is 5.56 Å². The van der Waals surface area contributed by atoms with Crippen LogP contribution in [-0.2, 0) is 9.53 Å². The lowest BCUT2D eigenvalue weighted by Crippen LogP contribution is -2.22. The Morgan fingerprint density at radius 2 is 2.14 bits per heavy atom. The lowest BCUT2D eigenvalue weighted by molar-refractivity contribution is -0.142. The van der Waals surface area contributed by atoms with E-state index in [9.17, 15) is 10.1 Å². The molecule has 0 fully saturated rings. The van der Waals surface area contributed by atoms with Gasteiger partial charge in [0.2, 0.25) is 0 Å². The number of esters is 1. The lowest BCUT2D eigenvalue weighted by Gasteiger charge is -2.20. The monoisotopic (exact) mass is 317 g/mol. The number of hydrogen-bond donors (Lipinski definition) is 0. The Balaban J connectivity index is 2.60. The molecule has 0 bridgehead atoms.